The number of nitrogens with one attached hydrogen (secondary N) is 1. The van der Waals surface area contributed by atoms with Crippen LogP contribution in [0.1, 0.15) is 52.4 Å². The number of nitrogens with zero attached hydrogens (tertiary/aromatic N) is 1. The molecule has 2 aliphatic rings. The van der Waals surface area contributed by atoms with Crippen molar-refractivity contribution in [2.24, 2.45) is 5.92 Å². The quantitative estimate of drug-likeness (QED) is 0.802. The van der Waals surface area contributed by atoms with Crippen molar-refractivity contribution in [1.82, 2.24) is 10.2 Å². The van der Waals surface area contributed by atoms with Crippen molar-refractivity contribution in [3.8, 4) is 0 Å². The molecule has 1 atom stereocenters. The van der Waals surface area contributed by atoms with Crippen LogP contribution in [0.15, 0.2) is 12.7 Å². The summed E-state index contributed by atoms with van der Waals surface area (Å²) >= 11 is 0. The summed E-state index contributed by atoms with van der Waals surface area (Å²) in [6.07, 6.45) is 7.19. The highest BCUT2D eigenvalue weighted by atomic mass is 16.2. The summed E-state index contributed by atoms with van der Waals surface area (Å²) in [5.74, 6) is 0.500. The summed E-state index contributed by atoms with van der Waals surface area (Å²) in [4.78, 5) is 27.2. The monoisotopic (exact) mass is 278 g/mol. The van der Waals surface area contributed by atoms with Crippen molar-refractivity contribution in [3.05, 3.63) is 12.7 Å². The van der Waals surface area contributed by atoms with E-state index in [2.05, 4.69) is 25.7 Å². The smallest absolute Gasteiger partial charge is 0.246 e. The van der Waals surface area contributed by atoms with Gasteiger partial charge in [0.25, 0.3) is 0 Å². The van der Waals surface area contributed by atoms with E-state index in [0.717, 1.165) is 32.1 Å². The molecule has 0 radical (unpaired) electrons. The average Bonchev–Trinajstić information content (AvgIpc) is 2.42. The molecule has 1 unspecified atom stereocenters. The normalized spacial score (nSPS) is 25.9. The van der Waals surface area contributed by atoms with Gasteiger partial charge < -0.3 is 10.2 Å². The summed E-state index contributed by atoms with van der Waals surface area (Å²) in [5.41, 5.74) is -0.614. The van der Waals surface area contributed by atoms with Gasteiger partial charge in [-0.15, -0.1) is 6.58 Å². The van der Waals surface area contributed by atoms with E-state index < -0.39 is 5.54 Å². The van der Waals surface area contributed by atoms with Crippen LogP contribution in [0.2, 0.25) is 0 Å². The largest absolute Gasteiger partial charge is 0.342 e. The van der Waals surface area contributed by atoms with Gasteiger partial charge in [0.15, 0.2) is 0 Å². The van der Waals surface area contributed by atoms with Gasteiger partial charge in [-0.2, -0.15) is 0 Å². The molecule has 1 heterocycles. The number of hydrogen-bond acceptors (Lipinski definition) is 2. The minimum Gasteiger partial charge on any atom is -0.342 e. The third-order valence-electron chi connectivity index (χ3n) is 4.51. The highest BCUT2D eigenvalue weighted by Gasteiger charge is 2.52. The molecular weight excluding hydrogens is 252 g/mol. The maximum absolute atomic E-state index is 12.7. The highest BCUT2D eigenvalue weighted by molar-refractivity contribution is 6.00. The minimum atomic E-state index is -0.614. The van der Waals surface area contributed by atoms with Crippen LogP contribution in [-0.4, -0.2) is 34.8 Å². The number of rotatable bonds is 4. The first kappa shape index (κ1) is 15.1. The highest BCUT2D eigenvalue weighted by Crippen LogP contribution is 2.37. The summed E-state index contributed by atoms with van der Waals surface area (Å²) in [5, 5.41) is 2.98. The van der Waals surface area contributed by atoms with Gasteiger partial charge >= 0.3 is 0 Å². The van der Waals surface area contributed by atoms with E-state index in [9.17, 15) is 9.59 Å². The summed E-state index contributed by atoms with van der Waals surface area (Å²) in [6.45, 7) is 8.37. The molecular formula is C16H26N2O2. The van der Waals surface area contributed by atoms with Crippen LogP contribution >= 0.6 is 0 Å². The molecule has 4 nitrogen and oxygen atoms in total. The zero-order valence-corrected chi connectivity index (χ0v) is 12.7. The Labute approximate surface area is 121 Å². The van der Waals surface area contributed by atoms with Gasteiger partial charge in [0.1, 0.15) is 11.6 Å². The lowest BCUT2D eigenvalue weighted by atomic mass is 9.77. The minimum absolute atomic E-state index is 0.0456. The molecule has 20 heavy (non-hydrogen) atoms. The van der Waals surface area contributed by atoms with Crippen LogP contribution in [0.25, 0.3) is 0 Å². The number of carbonyl (C=O) groups excluding carboxylic acids is 2. The first-order chi connectivity index (χ1) is 9.51. The van der Waals surface area contributed by atoms with Crippen LogP contribution in [0, 0.1) is 5.92 Å². The molecule has 1 aliphatic heterocycles. The average molecular weight is 278 g/mol. The topological polar surface area (TPSA) is 49.4 Å². The molecule has 2 amide bonds. The molecule has 1 saturated carbocycles. The number of piperazine rings is 1. The van der Waals surface area contributed by atoms with Gasteiger partial charge in [-0.3, -0.25) is 9.59 Å². The number of amides is 2. The third-order valence-corrected chi connectivity index (χ3v) is 4.51. The van der Waals surface area contributed by atoms with E-state index in [1.54, 1.807) is 11.0 Å². The molecule has 0 aromatic rings. The van der Waals surface area contributed by atoms with Crippen LogP contribution in [0.3, 0.4) is 0 Å². The zero-order chi connectivity index (χ0) is 14.8. The lowest BCUT2D eigenvalue weighted by Gasteiger charge is -2.50. The van der Waals surface area contributed by atoms with Crippen molar-refractivity contribution in [2.75, 3.05) is 6.54 Å². The van der Waals surface area contributed by atoms with Gasteiger partial charge in [-0.1, -0.05) is 39.2 Å². The van der Waals surface area contributed by atoms with E-state index in [1.165, 1.54) is 0 Å². The Morgan fingerprint density at radius 1 is 1.35 bits per heavy atom. The van der Waals surface area contributed by atoms with Crippen molar-refractivity contribution < 1.29 is 9.59 Å². The fourth-order valence-corrected chi connectivity index (χ4v) is 3.53. The molecule has 2 rings (SSSR count). The van der Waals surface area contributed by atoms with Gasteiger partial charge in [0, 0.05) is 6.54 Å². The Bertz CT molecular complexity index is 397. The molecule has 0 aromatic heterocycles. The van der Waals surface area contributed by atoms with E-state index in [0.29, 0.717) is 18.9 Å². The SMILES string of the molecule is C=CCN1C(=O)C(CC(C)C)NC(=O)C12CCCCC2. The Morgan fingerprint density at radius 2 is 2.00 bits per heavy atom. The summed E-state index contributed by atoms with van der Waals surface area (Å²) in [7, 11) is 0. The standard InChI is InChI=1S/C16H26N2O2/c1-4-10-18-14(19)13(11-12(2)3)17-15(20)16(18)8-6-5-7-9-16/h4,12-13H,1,5-11H2,2-3H3,(H,17,20). The van der Waals surface area contributed by atoms with Crippen molar-refractivity contribution in [2.45, 2.75) is 64.0 Å². The summed E-state index contributed by atoms with van der Waals surface area (Å²) < 4.78 is 0. The van der Waals surface area contributed by atoms with E-state index in [4.69, 9.17) is 0 Å². The van der Waals surface area contributed by atoms with E-state index in [1.807, 2.05) is 0 Å². The molecule has 1 spiro atoms. The van der Waals surface area contributed by atoms with E-state index in [-0.39, 0.29) is 17.9 Å². The Hall–Kier alpha value is -1.32. The maximum atomic E-state index is 12.7. The third kappa shape index (κ3) is 2.60. The molecule has 4 heteroatoms. The predicted molar refractivity (Wildman–Crippen MR) is 79.1 cm³/mol. The van der Waals surface area contributed by atoms with Crippen molar-refractivity contribution in [1.29, 1.82) is 0 Å². The van der Waals surface area contributed by atoms with Crippen LogP contribution in [0.4, 0.5) is 0 Å². The fourth-order valence-electron chi connectivity index (χ4n) is 3.53. The van der Waals surface area contributed by atoms with Crippen LogP contribution in [-0.2, 0) is 9.59 Å². The van der Waals surface area contributed by atoms with Crippen LogP contribution in [0.5, 0.6) is 0 Å². The number of carbonyl (C=O) groups is 2. The van der Waals surface area contributed by atoms with Gasteiger partial charge in [0.2, 0.25) is 11.8 Å². The first-order valence-electron chi connectivity index (χ1n) is 7.74. The second-order valence-electron chi connectivity index (χ2n) is 6.49. The molecule has 1 aliphatic carbocycles. The Kier molecular flexibility index (Phi) is 4.51. The molecule has 2 fully saturated rings. The van der Waals surface area contributed by atoms with Crippen molar-refractivity contribution >= 4 is 11.8 Å². The van der Waals surface area contributed by atoms with Crippen LogP contribution < -0.4 is 5.32 Å². The Balaban J connectivity index is 2.27. The lowest BCUT2D eigenvalue weighted by molar-refractivity contribution is -0.159. The molecule has 1 N–H and O–H groups in total. The predicted octanol–water partition coefficient (Wildman–Crippen LogP) is 2.25. The van der Waals surface area contributed by atoms with Gasteiger partial charge in [-0.25, -0.2) is 0 Å². The second kappa shape index (κ2) is 5.98. The lowest BCUT2D eigenvalue weighted by Crippen LogP contribution is -2.71. The number of hydrogen-bond donors (Lipinski definition) is 1. The fraction of sp³-hybridized carbons (Fsp3) is 0.750. The second-order valence-corrected chi connectivity index (χ2v) is 6.49. The Morgan fingerprint density at radius 3 is 2.55 bits per heavy atom. The molecule has 0 bridgehead atoms. The molecule has 112 valence electrons. The first-order valence-corrected chi connectivity index (χ1v) is 7.74. The van der Waals surface area contributed by atoms with E-state index >= 15 is 0 Å². The summed E-state index contributed by atoms with van der Waals surface area (Å²) in [6, 6.07) is -0.366. The van der Waals surface area contributed by atoms with Gasteiger partial charge in [-0.05, 0) is 25.2 Å². The zero-order valence-electron chi connectivity index (χ0n) is 12.7. The van der Waals surface area contributed by atoms with Gasteiger partial charge in [0.05, 0.1) is 0 Å². The van der Waals surface area contributed by atoms with Crippen molar-refractivity contribution in [3.63, 3.8) is 0 Å². The molecule has 1 saturated heterocycles. The maximum Gasteiger partial charge on any atom is 0.246 e. The molecule has 0 aromatic carbocycles.